The Kier molecular flexibility index (Phi) is 10.0. The van der Waals surface area contributed by atoms with Crippen molar-refractivity contribution in [1.29, 1.82) is 0 Å². The fraction of sp³-hybridized carbons (Fsp3) is 0.438. The molecule has 1 aliphatic rings. The van der Waals surface area contributed by atoms with Crippen LogP contribution in [0.5, 0.6) is 5.75 Å². The van der Waals surface area contributed by atoms with Gasteiger partial charge in [0.25, 0.3) is 6.43 Å². The van der Waals surface area contributed by atoms with Crippen LogP contribution in [0.25, 0.3) is 5.70 Å². The van der Waals surface area contributed by atoms with Crippen molar-refractivity contribution in [2.24, 2.45) is 0 Å². The molecule has 135 valence electrons. The summed E-state index contributed by atoms with van der Waals surface area (Å²) in [6.07, 6.45) is 0.614. The molecule has 1 aromatic carbocycles. The number of benzene rings is 1. The molecule has 0 N–H and O–H groups in total. The van der Waals surface area contributed by atoms with Gasteiger partial charge >= 0.3 is 0 Å². The molecule has 1 atom stereocenters. The number of alkyl halides is 3. The molecule has 1 aromatic rings. The van der Waals surface area contributed by atoms with Crippen molar-refractivity contribution in [1.82, 2.24) is 4.90 Å². The quantitative estimate of drug-likeness (QED) is 0.317. The summed E-state index contributed by atoms with van der Waals surface area (Å²) < 4.78 is 36.0. The summed E-state index contributed by atoms with van der Waals surface area (Å²) in [5.74, 6) is 0.0999. The second kappa shape index (κ2) is 10.9. The van der Waals surface area contributed by atoms with Gasteiger partial charge in [-0.15, -0.1) is 28.9 Å². The summed E-state index contributed by atoms with van der Waals surface area (Å²) in [7, 11) is 1.57. The first-order valence-electron chi connectivity index (χ1n) is 7.20. The van der Waals surface area contributed by atoms with Crippen LogP contribution < -0.4 is 4.74 Å². The molecule has 1 heterocycles. The number of halogens is 4. The Morgan fingerprint density at radius 3 is 2.76 bits per heavy atom. The van der Waals surface area contributed by atoms with Crippen molar-refractivity contribution >= 4 is 39.1 Å². The molecule has 0 spiro atoms. The molecule has 0 saturated heterocycles. The Bertz CT molecular complexity index is 633. The zero-order valence-electron chi connectivity index (χ0n) is 13.5. The van der Waals surface area contributed by atoms with Crippen LogP contribution in [-0.4, -0.2) is 48.9 Å². The molecule has 0 bridgehead atoms. The van der Waals surface area contributed by atoms with Gasteiger partial charge in [-0.3, -0.25) is 4.79 Å². The predicted molar refractivity (Wildman–Crippen MR) is 90.5 cm³/mol. The van der Waals surface area contributed by atoms with Gasteiger partial charge in [-0.1, -0.05) is 22.4 Å². The zero-order chi connectivity index (χ0) is 17.7. The molecular formula is C16H16BrClF2NO3Y-. The maximum atomic E-state index is 12.8. The third-order valence-electron chi connectivity index (χ3n) is 3.33. The molecule has 1 radical (unpaired) electrons. The van der Waals surface area contributed by atoms with Crippen LogP contribution in [0, 0.1) is 6.08 Å². The van der Waals surface area contributed by atoms with E-state index in [-0.39, 0.29) is 44.8 Å². The number of allylic oxidation sites excluding steroid dienone is 1. The van der Waals surface area contributed by atoms with Crippen molar-refractivity contribution in [3.8, 4) is 5.75 Å². The van der Waals surface area contributed by atoms with Crippen LogP contribution >= 0.6 is 27.5 Å². The number of methoxy groups -OCH3 is 1. The molecule has 2 rings (SSSR count). The van der Waals surface area contributed by atoms with E-state index < -0.39 is 23.7 Å². The maximum absolute atomic E-state index is 12.8. The predicted octanol–water partition coefficient (Wildman–Crippen LogP) is 3.77. The molecule has 0 aliphatic carbocycles. The molecule has 1 amide bonds. The molecule has 0 aromatic heterocycles. The fourth-order valence-corrected chi connectivity index (χ4v) is 2.90. The third kappa shape index (κ3) is 6.24. The number of rotatable bonds is 7. The topological polar surface area (TPSA) is 38.8 Å². The van der Waals surface area contributed by atoms with Gasteiger partial charge in [-0.05, 0) is 17.2 Å². The molecule has 9 heteroatoms. The average Bonchev–Trinajstić information content (AvgIpc) is 2.53. The molecule has 1 unspecified atom stereocenters. The van der Waals surface area contributed by atoms with E-state index >= 15 is 0 Å². The SMILES string of the molecule is COCCOc1ccc(C2=[C-]CC(Br)C(=O)N2CC(F)F)c(Cl)c1.[Y]. The smallest absolute Gasteiger partial charge is 0.256 e. The number of hydrogen-bond donors (Lipinski definition) is 0. The fourth-order valence-electron chi connectivity index (χ4n) is 2.23. The van der Waals surface area contributed by atoms with Gasteiger partial charge in [0.1, 0.15) is 12.4 Å². The van der Waals surface area contributed by atoms with E-state index in [0.29, 0.717) is 29.5 Å². The first kappa shape index (κ1) is 23.0. The van der Waals surface area contributed by atoms with Crippen molar-refractivity contribution < 1.29 is 55.8 Å². The summed E-state index contributed by atoms with van der Waals surface area (Å²) in [4.78, 5) is 12.7. The van der Waals surface area contributed by atoms with Crippen molar-refractivity contribution in [2.75, 3.05) is 26.9 Å². The van der Waals surface area contributed by atoms with Crippen LogP contribution in [0.3, 0.4) is 0 Å². The normalized spacial score (nSPS) is 17.4. The van der Waals surface area contributed by atoms with Crippen LogP contribution in [0.15, 0.2) is 18.2 Å². The number of carbonyl (C=O) groups is 1. The van der Waals surface area contributed by atoms with Gasteiger partial charge in [0, 0.05) is 39.8 Å². The Balaban J connectivity index is 0.00000312. The van der Waals surface area contributed by atoms with E-state index in [1.807, 2.05) is 0 Å². The van der Waals surface area contributed by atoms with E-state index in [9.17, 15) is 13.6 Å². The average molecular weight is 513 g/mol. The largest absolute Gasteiger partial charge is 0.491 e. The first-order valence-corrected chi connectivity index (χ1v) is 8.49. The maximum Gasteiger partial charge on any atom is 0.256 e. The minimum Gasteiger partial charge on any atom is -0.491 e. The monoisotopic (exact) mass is 511 g/mol. The Morgan fingerprint density at radius 2 is 2.16 bits per heavy atom. The number of nitrogens with zero attached hydrogens (tertiary/aromatic N) is 1. The van der Waals surface area contributed by atoms with E-state index in [1.54, 1.807) is 25.3 Å². The summed E-state index contributed by atoms with van der Waals surface area (Å²) >= 11 is 9.42. The van der Waals surface area contributed by atoms with Crippen LogP contribution in [0.2, 0.25) is 5.02 Å². The Labute approximate surface area is 183 Å². The minimum absolute atomic E-state index is 0. The van der Waals surface area contributed by atoms with E-state index in [4.69, 9.17) is 21.1 Å². The van der Waals surface area contributed by atoms with Crippen LogP contribution in [-0.2, 0) is 42.2 Å². The summed E-state index contributed by atoms with van der Waals surface area (Å²) in [5, 5.41) is 0.299. The third-order valence-corrected chi connectivity index (χ3v) is 4.35. The van der Waals surface area contributed by atoms with Gasteiger partial charge in [-0.25, -0.2) is 14.9 Å². The van der Waals surface area contributed by atoms with E-state index in [1.165, 1.54) is 0 Å². The second-order valence-electron chi connectivity index (χ2n) is 5.02. The number of amides is 1. The number of hydrogen-bond acceptors (Lipinski definition) is 3. The standard InChI is InChI=1S/C16H16BrClF2NO3.Y/c1-23-6-7-24-10-2-3-11(13(18)8-10)14-5-4-12(17)16(22)21(14)9-15(19)20;/h2-3,8,12,15H,4,6-7,9H2,1H3;/q-1;. The van der Waals surface area contributed by atoms with Crippen LogP contribution in [0.1, 0.15) is 12.0 Å². The van der Waals surface area contributed by atoms with Gasteiger partial charge in [0.15, 0.2) is 0 Å². The first-order chi connectivity index (χ1) is 11.4. The second-order valence-corrected chi connectivity index (χ2v) is 6.53. The molecule has 4 nitrogen and oxygen atoms in total. The minimum atomic E-state index is -2.65. The number of carbonyl (C=O) groups excluding carboxylic acids is 1. The van der Waals surface area contributed by atoms with Crippen LogP contribution in [0.4, 0.5) is 8.78 Å². The van der Waals surface area contributed by atoms with Crippen molar-refractivity contribution in [3.63, 3.8) is 0 Å². The van der Waals surface area contributed by atoms with E-state index in [0.717, 1.165) is 4.90 Å². The Hall–Kier alpha value is -0.0761. The van der Waals surface area contributed by atoms with Gasteiger partial charge in [0.2, 0.25) is 5.91 Å². The van der Waals surface area contributed by atoms with E-state index in [2.05, 4.69) is 22.0 Å². The zero-order valence-corrected chi connectivity index (χ0v) is 18.7. The summed E-state index contributed by atoms with van der Waals surface area (Å²) in [6, 6.07) is 4.87. The number of ether oxygens (including phenoxy) is 2. The van der Waals surface area contributed by atoms with Crippen molar-refractivity contribution in [2.45, 2.75) is 17.7 Å². The molecule has 1 aliphatic heterocycles. The Morgan fingerprint density at radius 1 is 1.44 bits per heavy atom. The molecular weight excluding hydrogens is 496 g/mol. The summed E-state index contributed by atoms with van der Waals surface area (Å²) in [6.45, 7) is 0.0928. The molecule has 0 saturated carbocycles. The molecule has 0 fully saturated rings. The van der Waals surface area contributed by atoms with Gasteiger partial charge in [-0.2, -0.15) is 0 Å². The summed E-state index contributed by atoms with van der Waals surface area (Å²) in [5.41, 5.74) is 0.730. The van der Waals surface area contributed by atoms with Crippen molar-refractivity contribution in [3.05, 3.63) is 34.9 Å². The van der Waals surface area contributed by atoms with Gasteiger partial charge in [0.05, 0.1) is 18.0 Å². The molecule has 25 heavy (non-hydrogen) atoms. The van der Waals surface area contributed by atoms with Gasteiger partial charge < -0.3 is 14.4 Å².